The molecule has 0 radical (unpaired) electrons. The summed E-state index contributed by atoms with van der Waals surface area (Å²) in [6.07, 6.45) is 1.03. The number of carbonyl (C=O) groups excluding carboxylic acids is 2. The van der Waals surface area contributed by atoms with Crippen molar-refractivity contribution in [2.24, 2.45) is 0 Å². The Morgan fingerprint density at radius 1 is 1.03 bits per heavy atom. The van der Waals surface area contributed by atoms with E-state index in [0.717, 1.165) is 37.2 Å². The molecule has 1 saturated heterocycles. The Hall–Kier alpha value is -3.72. The van der Waals surface area contributed by atoms with Gasteiger partial charge in [-0.25, -0.2) is 4.79 Å². The van der Waals surface area contributed by atoms with Gasteiger partial charge in [0.05, 0.1) is 0 Å². The molecule has 1 N–H and O–H groups in total. The van der Waals surface area contributed by atoms with Crippen molar-refractivity contribution in [1.82, 2.24) is 25.3 Å². The van der Waals surface area contributed by atoms with Gasteiger partial charge in [0.1, 0.15) is 13.2 Å². The molecule has 9 nitrogen and oxygen atoms in total. The lowest BCUT2D eigenvalue weighted by Gasteiger charge is -2.34. The third-order valence-electron chi connectivity index (χ3n) is 5.96. The number of nitrogens with one attached hydrogen (secondary N) is 1. The molecule has 0 unspecified atom stereocenters. The summed E-state index contributed by atoms with van der Waals surface area (Å²) in [5.41, 5.74) is 3.04. The molecule has 0 atom stereocenters. The van der Waals surface area contributed by atoms with Gasteiger partial charge in [0.25, 0.3) is 0 Å². The second-order valence-electron chi connectivity index (χ2n) is 8.62. The monoisotopic (exact) mass is 477 g/mol. The molecule has 4 rings (SSSR count). The van der Waals surface area contributed by atoms with Crippen LogP contribution in [0.3, 0.4) is 0 Å². The number of rotatable bonds is 9. The van der Waals surface area contributed by atoms with Gasteiger partial charge in [0, 0.05) is 38.2 Å². The zero-order chi connectivity index (χ0) is 24.5. The first-order valence-electron chi connectivity index (χ1n) is 11.9. The number of aryl methyl sites for hydroxylation is 2. The molecular formula is C26H31N5O4. The lowest BCUT2D eigenvalue weighted by molar-refractivity contribution is -0.131. The molecule has 0 bridgehead atoms. The molecule has 1 aromatic heterocycles. The summed E-state index contributed by atoms with van der Waals surface area (Å²) in [6, 6.07) is 17.5. The van der Waals surface area contributed by atoms with Crippen LogP contribution in [0, 0.1) is 6.92 Å². The van der Waals surface area contributed by atoms with Gasteiger partial charge < -0.3 is 19.5 Å². The molecule has 0 aliphatic carbocycles. The predicted octanol–water partition coefficient (Wildman–Crippen LogP) is 3.05. The van der Waals surface area contributed by atoms with Crippen LogP contribution in [0.25, 0.3) is 11.4 Å². The van der Waals surface area contributed by atoms with Crippen molar-refractivity contribution in [2.45, 2.75) is 26.4 Å². The van der Waals surface area contributed by atoms with Gasteiger partial charge in [-0.15, -0.1) is 0 Å². The van der Waals surface area contributed by atoms with E-state index in [9.17, 15) is 9.59 Å². The van der Waals surface area contributed by atoms with Gasteiger partial charge in [0.15, 0.2) is 0 Å². The number of aromatic nitrogens is 2. The summed E-state index contributed by atoms with van der Waals surface area (Å²) < 4.78 is 10.5. The second kappa shape index (κ2) is 12.1. The van der Waals surface area contributed by atoms with Crippen LogP contribution in [-0.4, -0.2) is 71.2 Å². The molecule has 2 amide bonds. The zero-order valence-electron chi connectivity index (χ0n) is 20.0. The van der Waals surface area contributed by atoms with E-state index < -0.39 is 6.09 Å². The van der Waals surface area contributed by atoms with Crippen LogP contribution in [-0.2, 0) is 22.6 Å². The Labute approximate surface area is 205 Å². The zero-order valence-corrected chi connectivity index (χ0v) is 20.0. The van der Waals surface area contributed by atoms with Crippen molar-refractivity contribution in [3.63, 3.8) is 0 Å². The van der Waals surface area contributed by atoms with E-state index in [1.165, 1.54) is 5.56 Å². The summed E-state index contributed by atoms with van der Waals surface area (Å²) in [7, 11) is 0. The van der Waals surface area contributed by atoms with E-state index in [-0.39, 0.29) is 19.1 Å². The van der Waals surface area contributed by atoms with Gasteiger partial charge >= 0.3 is 6.09 Å². The molecule has 0 saturated carbocycles. The fourth-order valence-electron chi connectivity index (χ4n) is 3.88. The minimum atomic E-state index is -0.590. The number of hydrogen-bond acceptors (Lipinski definition) is 7. The molecule has 9 heteroatoms. The van der Waals surface area contributed by atoms with E-state index in [4.69, 9.17) is 9.26 Å². The van der Waals surface area contributed by atoms with Gasteiger partial charge in [-0.1, -0.05) is 65.3 Å². The number of amides is 2. The van der Waals surface area contributed by atoms with E-state index in [1.807, 2.05) is 61.5 Å². The molecule has 3 aromatic rings. The Morgan fingerprint density at radius 2 is 1.77 bits per heavy atom. The Kier molecular flexibility index (Phi) is 8.45. The number of alkyl carbamates (subject to hydrolysis) is 1. The highest BCUT2D eigenvalue weighted by molar-refractivity contribution is 5.82. The molecule has 2 heterocycles. The SMILES string of the molecule is Cc1ccc(-c2noc(CCCN3CCN(C(=O)CNC(=O)OCc4ccccc4)CC3)n2)cc1. The van der Waals surface area contributed by atoms with Gasteiger partial charge in [0.2, 0.25) is 17.6 Å². The van der Waals surface area contributed by atoms with Crippen molar-refractivity contribution in [1.29, 1.82) is 0 Å². The molecule has 0 spiro atoms. The molecule has 1 fully saturated rings. The molecule has 1 aliphatic heterocycles. The third-order valence-corrected chi connectivity index (χ3v) is 5.96. The van der Waals surface area contributed by atoms with Crippen LogP contribution in [0.1, 0.15) is 23.4 Å². The van der Waals surface area contributed by atoms with Crippen molar-refractivity contribution in [2.75, 3.05) is 39.3 Å². The van der Waals surface area contributed by atoms with E-state index in [2.05, 4.69) is 20.4 Å². The van der Waals surface area contributed by atoms with Crippen molar-refractivity contribution < 1.29 is 18.8 Å². The van der Waals surface area contributed by atoms with Gasteiger partial charge in [-0.05, 0) is 25.5 Å². The Morgan fingerprint density at radius 3 is 2.51 bits per heavy atom. The second-order valence-corrected chi connectivity index (χ2v) is 8.62. The van der Waals surface area contributed by atoms with E-state index in [0.29, 0.717) is 31.2 Å². The molecule has 35 heavy (non-hydrogen) atoms. The summed E-state index contributed by atoms with van der Waals surface area (Å²) in [4.78, 5) is 32.9. The number of nitrogens with zero attached hydrogens (tertiary/aromatic N) is 4. The summed E-state index contributed by atoms with van der Waals surface area (Å²) in [5, 5.41) is 6.63. The highest BCUT2D eigenvalue weighted by Gasteiger charge is 2.21. The average molecular weight is 478 g/mol. The first kappa shape index (κ1) is 24.4. The van der Waals surface area contributed by atoms with E-state index >= 15 is 0 Å². The first-order valence-corrected chi connectivity index (χ1v) is 11.9. The largest absolute Gasteiger partial charge is 0.445 e. The standard InChI is InChI=1S/C26H31N5O4/c1-20-9-11-22(12-10-20)25-28-23(35-29-25)8-5-13-30-14-16-31(17-15-30)24(32)18-27-26(33)34-19-21-6-3-2-4-7-21/h2-4,6-7,9-12H,5,8,13-19H2,1H3,(H,27,33). The maximum absolute atomic E-state index is 12.4. The average Bonchev–Trinajstić information content (AvgIpc) is 3.36. The summed E-state index contributed by atoms with van der Waals surface area (Å²) >= 11 is 0. The van der Waals surface area contributed by atoms with Crippen LogP contribution >= 0.6 is 0 Å². The lowest BCUT2D eigenvalue weighted by Crippen LogP contribution is -2.51. The predicted molar refractivity (Wildman–Crippen MR) is 130 cm³/mol. The molecular weight excluding hydrogens is 446 g/mol. The van der Waals surface area contributed by atoms with Gasteiger partial charge in [-0.2, -0.15) is 4.98 Å². The number of piperazine rings is 1. The van der Waals surface area contributed by atoms with Gasteiger partial charge in [-0.3, -0.25) is 9.69 Å². The highest BCUT2D eigenvalue weighted by Crippen LogP contribution is 2.17. The maximum atomic E-state index is 12.4. The fraction of sp³-hybridized carbons (Fsp3) is 0.385. The number of benzene rings is 2. The normalized spacial score (nSPS) is 14.0. The fourth-order valence-corrected chi connectivity index (χ4v) is 3.88. The van der Waals surface area contributed by atoms with Crippen molar-refractivity contribution >= 4 is 12.0 Å². The minimum Gasteiger partial charge on any atom is -0.445 e. The lowest BCUT2D eigenvalue weighted by atomic mass is 10.1. The molecule has 2 aromatic carbocycles. The first-order chi connectivity index (χ1) is 17.1. The third kappa shape index (κ3) is 7.38. The number of ether oxygens (including phenoxy) is 1. The number of carbonyl (C=O) groups is 2. The Bertz CT molecular complexity index is 1090. The van der Waals surface area contributed by atoms with Crippen molar-refractivity contribution in [3.8, 4) is 11.4 Å². The minimum absolute atomic E-state index is 0.0614. The summed E-state index contributed by atoms with van der Waals surface area (Å²) in [5.74, 6) is 1.15. The molecule has 1 aliphatic rings. The number of hydrogen-bond donors (Lipinski definition) is 1. The molecule has 184 valence electrons. The van der Waals surface area contributed by atoms with Crippen LogP contribution in [0.15, 0.2) is 59.1 Å². The quantitative estimate of drug-likeness (QED) is 0.506. The van der Waals surface area contributed by atoms with Crippen molar-refractivity contribution in [3.05, 3.63) is 71.6 Å². The van der Waals surface area contributed by atoms with Crippen LogP contribution in [0.2, 0.25) is 0 Å². The van der Waals surface area contributed by atoms with Crippen LogP contribution < -0.4 is 5.32 Å². The maximum Gasteiger partial charge on any atom is 0.407 e. The smallest absolute Gasteiger partial charge is 0.407 e. The van der Waals surface area contributed by atoms with Crippen LogP contribution in [0.5, 0.6) is 0 Å². The summed E-state index contributed by atoms with van der Waals surface area (Å²) in [6.45, 7) is 5.92. The van der Waals surface area contributed by atoms with E-state index in [1.54, 1.807) is 4.90 Å². The Balaban J connectivity index is 1.10. The van der Waals surface area contributed by atoms with Crippen LogP contribution in [0.4, 0.5) is 4.79 Å². The topological polar surface area (TPSA) is 101 Å². The highest BCUT2D eigenvalue weighted by atomic mass is 16.5.